The molecule has 1 amide bonds. The van der Waals surface area contributed by atoms with E-state index >= 15 is 0 Å². The third-order valence-electron chi connectivity index (χ3n) is 3.31. The Morgan fingerprint density at radius 2 is 2.17 bits per heavy atom. The molecule has 1 saturated carbocycles. The van der Waals surface area contributed by atoms with E-state index in [0.29, 0.717) is 5.02 Å². The fraction of sp³-hybridized carbons (Fsp3) is 0.462. The summed E-state index contributed by atoms with van der Waals surface area (Å²) in [5.74, 6) is -0.347. The maximum absolute atomic E-state index is 12.3. The zero-order valence-electron chi connectivity index (χ0n) is 9.97. The minimum Gasteiger partial charge on any atom is -0.507 e. The van der Waals surface area contributed by atoms with Crippen molar-refractivity contribution in [1.82, 2.24) is 4.90 Å². The van der Waals surface area contributed by atoms with Gasteiger partial charge < -0.3 is 15.1 Å². The lowest BCUT2D eigenvalue weighted by Crippen LogP contribution is -2.45. The van der Waals surface area contributed by atoms with Crippen LogP contribution in [-0.2, 0) is 0 Å². The number of hydrogen-bond donors (Lipinski definition) is 2. The highest BCUT2D eigenvalue weighted by atomic mass is 35.5. The zero-order valence-corrected chi connectivity index (χ0v) is 10.7. The second-order valence-corrected chi connectivity index (χ2v) is 4.90. The Morgan fingerprint density at radius 1 is 1.44 bits per heavy atom. The predicted molar refractivity (Wildman–Crippen MR) is 68.9 cm³/mol. The average molecular weight is 270 g/mol. The van der Waals surface area contributed by atoms with Gasteiger partial charge in [-0.25, -0.2) is 0 Å². The lowest BCUT2D eigenvalue weighted by atomic mass is 9.91. The summed E-state index contributed by atoms with van der Waals surface area (Å²) in [5.41, 5.74) is 0.197. The van der Waals surface area contributed by atoms with Gasteiger partial charge >= 0.3 is 0 Å². The van der Waals surface area contributed by atoms with Gasteiger partial charge in [-0.3, -0.25) is 4.79 Å². The molecule has 1 aromatic carbocycles. The van der Waals surface area contributed by atoms with Gasteiger partial charge in [-0.15, -0.1) is 0 Å². The molecule has 0 aromatic heterocycles. The highest BCUT2D eigenvalue weighted by Crippen LogP contribution is 2.29. The maximum atomic E-state index is 12.3. The molecule has 0 saturated heterocycles. The van der Waals surface area contributed by atoms with Crippen molar-refractivity contribution in [2.24, 2.45) is 0 Å². The summed E-state index contributed by atoms with van der Waals surface area (Å²) in [6, 6.07) is 4.58. The maximum Gasteiger partial charge on any atom is 0.257 e. The second kappa shape index (κ2) is 5.59. The van der Waals surface area contributed by atoms with Gasteiger partial charge in [-0.05, 0) is 37.5 Å². The molecule has 2 rings (SSSR count). The summed E-state index contributed by atoms with van der Waals surface area (Å²) in [6.07, 6.45) is 3.00. The normalized spacial score (nSPS) is 15.2. The number of halogens is 1. The summed E-state index contributed by atoms with van der Waals surface area (Å²) in [7, 11) is 0. The van der Waals surface area contributed by atoms with Crippen molar-refractivity contribution in [1.29, 1.82) is 0 Å². The van der Waals surface area contributed by atoms with Gasteiger partial charge in [0.2, 0.25) is 0 Å². The monoisotopic (exact) mass is 269 g/mol. The number of aliphatic hydroxyl groups excluding tert-OH is 1. The van der Waals surface area contributed by atoms with Crippen LogP contribution in [0.5, 0.6) is 5.75 Å². The minimum absolute atomic E-state index is 0.0772. The lowest BCUT2D eigenvalue weighted by molar-refractivity contribution is 0.0523. The molecule has 0 aliphatic heterocycles. The SMILES string of the molecule is O=C(c1cc(Cl)ccc1O)N(CCO)C1CCC1. The van der Waals surface area contributed by atoms with Crippen LogP contribution >= 0.6 is 11.6 Å². The Bertz CT molecular complexity index is 446. The molecule has 0 atom stereocenters. The molecule has 0 radical (unpaired) electrons. The number of rotatable bonds is 4. The van der Waals surface area contributed by atoms with Gasteiger partial charge in [0.05, 0.1) is 12.2 Å². The summed E-state index contributed by atoms with van der Waals surface area (Å²) in [4.78, 5) is 14.0. The molecule has 0 unspecified atom stereocenters. The number of benzene rings is 1. The first-order valence-electron chi connectivity index (χ1n) is 6.04. The van der Waals surface area contributed by atoms with Crippen LogP contribution in [0.2, 0.25) is 5.02 Å². The van der Waals surface area contributed by atoms with Gasteiger partial charge in [0, 0.05) is 17.6 Å². The van der Waals surface area contributed by atoms with E-state index in [0.717, 1.165) is 19.3 Å². The molecule has 0 bridgehead atoms. The predicted octanol–water partition coefficient (Wildman–Crippen LogP) is 2.03. The van der Waals surface area contributed by atoms with E-state index in [4.69, 9.17) is 16.7 Å². The number of phenols is 1. The van der Waals surface area contributed by atoms with Crippen molar-refractivity contribution in [2.75, 3.05) is 13.2 Å². The van der Waals surface area contributed by atoms with Crippen LogP contribution < -0.4 is 0 Å². The second-order valence-electron chi connectivity index (χ2n) is 4.47. The van der Waals surface area contributed by atoms with Crippen molar-refractivity contribution < 1.29 is 15.0 Å². The van der Waals surface area contributed by atoms with E-state index in [-0.39, 0.29) is 36.4 Å². The van der Waals surface area contributed by atoms with E-state index in [1.54, 1.807) is 4.90 Å². The van der Waals surface area contributed by atoms with E-state index in [1.165, 1.54) is 18.2 Å². The van der Waals surface area contributed by atoms with E-state index in [9.17, 15) is 9.90 Å². The number of aliphatic hydroxyl groups is 1. The molecule has 18 heavy (non-hydrogen) atoms. The van der Waals surface area contributed by atoms with Crippen LogP contribution in [0.15, 0.2) is 18.2 Å². The van der Waals surface area contributed by atoms with Crippen LogP contribution in [0.3, 0.4) is 0 Å². The van der Waals surface area contributed by atoms with Gasteiger partial charge in [-0.1, -0.05) is 11.6 Å². The van der Waals surface area contributed by atoms with E-state index in [1.807, 2.05) is 0 Å². The summed E-state index contributed by atoms with van der Waals surface area (Å²) < 4.78 is 0. The molecular weight excluding hydrogens is 254 g/mol. The number of amides is 1. The summed E-state index contributed by atoms with van der Waals surface area (Å²) in [6.45, 7) is 0.207. The fourth-order valence-corrected chi connectivity index (χ4v) is 2.26. The lowest BCUT2D eigenvalue weighted by Gasteiger charge is -2.37. The first-order chi connectivity index (χ1) is 8.63. The number of aromatic hydroxyl groups is 1. The molecule has 0 spiro atoms. The van der Waals surface area contributed by atoms with Crippen LogP contribution in [0.25, 0.3) is 0 Å². The van der Waals surface area contributed by atoms with Crippen molar-refractivity contribution in [3.8, 4) is 5.75 Å². The number of nitrogens with zero attached hydrogens (tertiary/aromatic N) is 1. The number of hydrogen-bond acceptors (Lipinski definition) is 3. The Hall–Kier alpha value is -1.26. The Labute approximate surface area is 111 Å². The van der Waals surface area contributed by atoms with Crippen molar-refractivity contribution in [3.05, 3.63) is 28.8 Å². The van der Waals surface area contributed by atoms with Gasteiger partial charge in [0.15, 0.2) is 0 Å². The number of carbonyl (C=O) groups excluding carboxylic acids is 1. The van der Waals surface area contributed by atoms with Gasteiger partial charge in [-0.2, -0.15) is 0 Å². The van der Waals surface area contributed by atoms with Gasteiger partial charge in [0.1, 0.15) is 5.75 Å². The Morgan fingerprint density at radius 3 is 2.72 bits per heavy atom. The van der Waals surface area contributed by atoms with Crippen LogP contribution in [-0.4, -0.2) is 40.2 Å². The number of carbonyl (C=O) groups is 1. The van der Waals surface area contributed by atoms with Crippen LogP contribution in [0.1, 0.15) is 29.6 Å². The average Bonchev–Trinajstić information content (AvgIpc) is 2.28. The molecule has 1 aliphatic rings. The molecule has 5 heteroatoms. The van der Waals surface area contributed by atoms with Crippen LogP contribution in [0, 0.1) is 0 Å². The molecule has 1 fully saturated rings. The molecule has 1 aliphatic carbocycles. The van der Waals surface area contributed by atoms with Crippen molar-refractivity contribution in [3.63, 3.8) is 0 Å². The fourth-order valence-electron chi connectivity index (χ4n) is 2.09. The molecular formula is C13H16ClNO3. The topological polar surface area (TPSA) is 60.8 Å². The van der Waals surface area contributed by atoms with Crippen LogP contribution in [0.4, 0.5) is 0 Å². The minimum atomic E-state index is -0.270. The smallest absolute Gasteiger partial charge is 0.257 e. The number of phenolic OH excluding ortho intramolecular Hbond substituents is 1. The highest BCUT2D eigenvalue weighted by Gasteiger charge is 2.30. The third kappa shape index (κ3) is 2.60. The molecule has 98 valence electrons. The third-order valence-corrected chi connectivity index (χ3v) is 3.54. The summed E-state index contributed by atoms with van der Waals surface area (Å²) >= 11 is 5.84. The molecule has 0 heterocycles. The Kier molecular flexibility index (Phi) is 4.09. The molecule has 2 N–H and O–H groups in total. The molecule has 4 nitrogen and oxygen atoms in total. The van der Waals surface area contributed by atoms with Crippen molar-refractivity contribution in [2.45, 2.75) is 25.3 Å². The summed E-state index contributed by atoms with van der Waals surface area (Å²) in [5, 5.41) is 19.2. The first-order valence-corrected chi connectivity index (χ1v) is 6.41. The quantitative estimate of drug-likeness (QED) is 0.879. The van der Waals surface area contributed by atoms with Crippen molar-refractivity contribution >= 4 is 17.5 Å². The van der Waals surface area contributed by atoms with E-state index in [2.05, 4.69) is 0 Å². The Balaban J connectivity index is 2.23. The van der Waals surface area contributed by atoms with Gasteiger partial charge in [0.25, 0.3) is 5.91 Å². The largest absolute Gasteiger partial charge is 0.507 e. The van der Waals surface area contributed by atoms with E-state index < -0.39 is 0 Å². The standard InChI is InChI=1S/C13H16ClNO3/c14-9-4-5-12(17)11(8-9)13(18)15(6-7-16)10-2-1-3-10/h4-5,8,10,16-17H,1-3,6-7H2. The first kappa shape index (κ1) is 13.2. The highest BCUT2D eigenvalue weighted by molar-refractivity contribution is 6.31. The molecule has 1 aromatic rings. The zero-order chi connectivity index (χ0) is 13.1.